The fourth-order valence-electron chi connectivity index (χ4n) is 1.28. The first-order valence-corrected chi connectivity index (χ1v) is 5.87. The molecular formula is C10H12N6S. The molecule has 1 aromatic carbocycles. The first-order valence-electron chi connectivity index (χ1n) is 4.88. The van der Waals surface area contributed by atoms with E-state index in [4.69, 9.17) is 17.2 Å². The molecule has 0 spiro atoms. The molecule has 88 valence electrons. The van der Waals surface area contributed by atoms with Gasteiger partial charge in [-0.3, -0.25) is 0 Å². The number of aromatic nitrogens is 3. The molecule has 17 heavy (non-hydrogen) atoms. The normalized spacial score (nSPS) is 10.4. The zero-order chi connectivity index (χ0) is 12.3. The van der Waals surface area contributed by atoms with Crippen LogP contribution in [0.2, 0.25) is 0 Å². The third-order valence-corrected chi connectivity index (χ3v) is 3.08. The molecule has 0 fully saturated rings. The van der Waals surface area contributed by atoms with Crippen LogP contribution in [0, 0.1) is 0 Å². The molecule has 7 heteroatoms. The lowest BCUT2D eigenvalue weighted by Gasteiger charge is -2.04. The molecule has 6 nitrogen and oxygen atoms in total. The predicted octanol–water partition coefficient (Wildman–Crippen LogP) is 0.911. The molecule has 1 heterocycles. The molecule has 0 saturated heterocycles. The average Bonchev–Trinajstić information content (AvgIpc) is 2.27. The molecule has 0 amide bonds. The van der Waals surface area contributed by atoms with Crippen LogP contribution in [0.3, 0.4) is 0 Å². The zero-order valence-corrected chi connectivity index (χ0v) is 9.81. The van der Waals surface area contributed by atoms with E-state index in [-0.39, 0.29) is 11.9 Å². The van der Waals surface area contributed by atoms with Gasteiger partial charge in [-0.2, -0.15) is 15.0 Å². The number of thioether (sulfide) groups is 1. The number of benzene rings is 1. The Morgan fingerprint density at radius 3 is 2.24 bits per heavy atom. The van der Waals surface area contributed by atoms with Gasteiger partial charge in [-0.05, 0) is 12.1 Å². The molecule has 0 saturated carbocycles. The van der Waals surface area contributed by atoms with Crippen molar-refractivity contribution in [1.82, 2.24) is 15.0 Å². The van der Waals surface area contributed by atoms with Crippen LogP contribution in [0.15, 0.2) is 29.2 Å². The van der Waals surface area contributed by atoms with Crippen molar-refractivity contribution in [3.8, 4) is 0 Å². The van der Waals surface area contributed by atoms with E-state index in [0.29, 0.717) is 11.6 Å². The molecule has 2 aromatic rings. The average molecular weight is 248 g/mol. The molecule has 0 atom stereocenters. The summed E-state index contributed by atoms with van der Waals surface area (Å²) in [5, 5.41) is 0. The number of nitrogens with two attached hydrogens (primary N) is 3. The molecule has 1 aromatic heterocycles. The second-order valence-corrected chi connectivity index (χ2v) is 4.31. The van der Waals surface area contributed by atoms with Crippen LogP contribution in [-0.4, -0.2) is 15.0 Å². The number of hydrogen-bond acceptors (Lipinski definition) is 7. The highest BCUT2D eigenvalue weighted by atomic mass is 32.2. The van der Waals surface area contributed by atoms with Crippen LogP contribution in [0.5, 0.6) is 0 Å². The van der Waals surface area contributed by atoms with Gasteiger partial charge >= 0.3 is 0 Å². The van der Waals surface area contributed by atoms with Gasteiger partial charge in [0.1, 0.15) is 5.82 Å². The summed E-state index contributed by atoms with van der Waals surface area (Å²) in [4.78, 5) is 12.7. The Balaban J connectivity index is 2.10. The first-order chi connectivity index (χ1) is 8.15. The van der Waals surface area contributed by atoms with Gasteiger partial charge in [0.25, 0.3) is 0 Å². The Morgan fingerprint density at radius 2 is 1.59 bits per heavy atom. The van der Waals surface area contributed by atoms with Crippen LogP contribution >= 0.6 is 11.8 Å². The number of anilines is 3. The van der Waals surface area contributed by atoms with E-state index in [0.717, 1.165) is 10.6 Å². The van der Waals surface area contributed by atoms with E-state index in [1.165, 1.54) is 11.8 Å². The molecular weight excluding hydrogens is 236 g/mol. The number of nitrogens with zero attached hydrogens (tertiary/aromatic N) is 3. The third kappa shape index (κ3) is 2.97. The summed E-state index contributed by atoms with van der Waals surface area (Å²) in [5.74, 6) is 1.36. The van der Waals surface area contributed by atoms with Crippen LogP contribution < -0.4 is 17.2 Å². The largest absolute Gasteiger partial charge is 0.398 e. The second kappa shape index (κ2) is 4.88. The summed E-state index contributed by atoms with van der Waals surface area (Å²) < 4.78 is 0. The zero-order valence-electron chi connectivity index (χ0n) is 9.00. The minimum atomic E-state index is 0.133. The number of rotatable bonds is 3. The van der Waals surface area contributed by atoms with E-state index < -0.39 is 0 Å². The van der Waals surface area contributed by atoms with Gasteiger partial charge < -0.3 is 17.2 Å². The molecule has 0 aliphatic carbocycles. The number of para-hydroxylation sites is 1. The van der Waals surface area contributed by atoms with Crippen molar-refractivity contribution < 1.29 is 0 Å². The van der Waals surface area contributed by atoms with Gasteiger partial charge in [0.05, 0.1) is 5.75 Å². The Hall–Kier alpha value is -2.02. The van der Waals surface area contributed by atoms with Gasteiger partial charge in [-0.1, -0.05) is 12.1 Å². The van der Waals surface area contributed by atoms with Crippen molar-refractivity contribution in [3.05, 3.63) is 30.1 Å². The van der Waals surface area contributed by atoms with Gasteiger partial charge in [-0.15, -0.1) is 11.8 Å². The molecule has 0 unspecified atom stereocenters. The van der Waals surface area contributed by atoms with Crippen molar-refractivity contribution in [2.24, 2.45) is 0 Å². The minimum Gasteiger partial charge on any atom is -0.398 e. The summed E-state index contributed by atoms with van der Waals surface area (Å²) in [6.07, 6.45) is 0. The Bertz CT molecular complexity index is 510. The SMILES string of the molecule is Nc1nc(N)nc(CSc2ccccc2N)n1. The molecule has 0 bridgehead atoms. The fraction of sp³-hybridized carbons (Fsp3) is 0.100. The quantitative estimate of drug-likeness (QED) is 0.546. The summed E-state index contributed by atoms with van der Waals surface area (Å²) in [5.41, 5.74) is 17.5. The maximum absolute atomic E-state index is 5.82. The summed E-state index contributed by atoms with van der Waals surface area (Å²) in [6, 6.07) is 7.60. The monoisotopic (exact) mass is 248 g/mol. The maximum Gasteiger partial charge on any atom is 0.225 e. The standard InChI is InChI=1S/C10H12N6S/c11-6-3-1-2-4-7(6)17-5-8-14-9(12)16-10(13)15-8/h1-4H,5,11H2,(H4,12,13,14,15,16). The summed E-state index contributed by atoms with van der Waals surface area (Å²) in [6.45, 7) is 0. The topological polar surface area (TPSA) is 117 Å². The third-order valence-electron chi connectivity index (χ3n) is 1.99. The smallest absolute Gasteiger partial charge is 0.225 e. The molecule has 2 rings (SSSR count). The van der Waals surface area contributed by atoms with Crippen molar-refractivity contribution >= 4 is 29.3 Å². The summed E-state index contributed by atoms with van der Waals surface area (Å²) >= 11 is 1.53. The second-order valence-electron chi connectivity index (χ2n) is 3.29. The lowest BCUT2D eigenvalue weighted by molar-refractivity contribution is 0.988. The maximum atomic E-state index is 5.82. The van der Waals surface area contributed by atoms with Crippen LogP contribution in [0.25, 0.3) is 0 Å². The highest BCUT2D eigenvalue weighted by molar-refractivity contribution is 7.98. The van der Waals surface area contributed by atoms with Crippen molar-refractivity contribution in [2.45, 2.75) is 10.6 Å². The van der Waals surface area contributed by atoms with Crippen molar-refractivity contribution in [3.63, 3.8) is 0 Å². The number of nitrogen functional groups attached to an aromatic ring is 3. The van der Waals surface area contributed by atoms with Gasteiger partial charge in [0, 0.05) is 10.6 Å². The molecule has 0 aliphatic heterocycles. The van der Waals surface area contributed by atoms with Gasteiger partial charge in [0.15, 0.2) is 0 Å². The lowest BCUT2D eigenvalue weighted by Crippen LogP contribution is -2.06. The van der Waals surface area contributed by atoms with Crippen molar-refractivity contribution in [2.75, 3.05) is 17.2 Å². The minimum absolute atomic E-state index is 0.133. The Labute approximate surface area is 103 Å². The van der Waals surface area contributed by atoms with Gasteiger partial charge in [0.2, 0.25) is 11.9 Å². The first kappa shape index (κ1) is 11.5. The summed E-state index contributed by atoms with van der Waals surface area (Å²) in [7, 11) is 0. The van der Waals surface area contributed by atoms with E-state index >= 15 is 0 Å². The van der Waals surface area contributed by atoms with E-state index in [2.05, 4.69) is 15.0 Å². The molecule has 0 aliphatic rings. The van der Waals surface area contributed by atoms with Crippen molar-refractivity contribution in [1.29, 1.82) is 0 Å². The highest BCUT2D eigenvalue weighted by Gasteiger charge is 2.04. The number of hydrogen-bond donors (Lipinski definition) is 3. The van der Waals surface area contributed by atoms with Crippen LogP contribution in [0.4, 0.5) is 17.6 Å². The fourth-order valence-corrected chi connectivity index (χ4v) is 2.10. The Morgan fingerprint density at radius 1 is 0.941 bits per heavy atom. The Kier molecular flexibility index (Phi) is 3.29. The van der Waals surface area contributed by atoms with E-state index in [9.17, 15) is 0 Å². The van der Waals surface area contributed by atoms with Gasteiger partial charge in [-0.25, -0.2) is 0 Å². The molecule has 0 radical (unpaired) electrons. The van der Waals surface area contributed by atoms with Crippen LogP contribution in [0.1, 0.15) is 5.82 Å². The highest BCUT2D eigenvalue weighted by Crippen LogP contribution is 2.26. The van der Waals surface area contributed by atoms with E-state index in [1.54, 1.807) is 0 Å². The van der Waals surface area contributed by atoms with E-state index in [1.807, 2.05) is 24.3 Å². The molecule has 6 N–H and O–H groups in total. The lowest BCUT2D eigenvalue weighted by atomic mass is 10.3. The predicted molar refractivity (Wildman–Crippen MR) is 69.1 cm³/mol. The van der Waals surface area contributed by atoms with Crippen LogP contribution in [-0.2, 0) is 5.75 Å².